The maximum atomic E-state index is 5.73. The normalized spacial score (nSPS) is 10.8. The molecule has 4 nitrogen and oxygen atoms in total. The minimum absolute atomic E-state index is 0.354. The molecule has 6 heteroatoms. The first-order valence-corrected chi connectivity index (χ1v) is 6.75. The number of fused-ring (bicyclic) bond motifs is 1. The van der Waals surface area contributed by atoms with Gasteiger partial charge in [0.25, 0.3) is 0 Å². The van der Waals surface area contributed by atoms with E-state index in [2.05, 4.69) is 25.9 Å². The molecule has 0 aliphatic heterocycles. The summed E-state index contributed by atoms with van der Waals surface area (Å²) in [6, 6.07) is 7.61. The standard InChI is InChI=1S/C13H9BrN4S/c14-8-6-9-12(17-7-8)10(3-4-16-9)18-5-1-2-11(18)13(15)19/h1-7H,(H2,15,19). The van der Waals surface area contributed by atoms with Crippen molar-refractivity contribution in [2.45, 2.75) is 0 Å². The van der Waals surface area contributed by atoms with Gasteiger partial charge in [-0.15, -0.1) is 0 Å². The molecule has 3 rings (SSSR count). The molecule has 0 fully saturated rings. The fourth-order valence-electron chi connectivity index (χ4n) is 1.98. The van der Waals surface area contributed by atoms with Gasteiger partial charge in [0.2, 0.25) is 0 Å². The van der Waals surface area contributed by atoms with Crippen LogP contribution < -0.4 is 5.73 Å². The van der Waals surface area contributed by atoms with Crippen LogP contribution >= 0.6 is 28.1 Å². The van der Waals surface area contributed by atoms with E-state index in [0.717, 1.165) is 26.9 Å². The van der Waals surface area contributed by atoms with Gasteiger partial charge < -0.3 is 10.3 Å². The van der Waals surface area contributed by atoms with Gasteiger partial charge in [0.05, 0.1) is 16.9 Å². The number of nitrogens with two attached hydrogens (primary N) is 1. The molecule has 0 amide bonds. The van der Waals surface area contributed by atoms with E-state index >= 15 is 0 Å². The quantitative estimate of drug-likeness (QED) is 0.733. The van der Waals surface area contributed by atoms with Crippen LogP contribution in [0, 0.1) is 0 Å². The smallest absolute Gasteiger partial charge is 0.121 e. The van der Waals surface area contributed by atoms with Gasteiger partial charge in [0, 0.05) is 23.1 Å². The van der Waals surface area contributed by atoms with E-state index in [0.29, 0.717) is 4.99 Å². The second-order valence-corrected chi connectivity index (χ2v) is 5.33. The summed E-state index contributed by atoms with van der Waals surface area (Å²) in [6.45, 7) is 0. The monoisotopic (exact) mass is 332 g/mol. The summed E-state index contributed by atoms with van der Waals surface area (Å²) in [5.41, 5.74) is 9.04. The summed E-state index contributed by atoms with van der Waals surface area (Å²) < 4.78 is 2.82. The third-order valence-electron chi connectivity index (χ3n) is 2.78. The van der Waals surface area contributed by atoms with Crippen LogP contribution in [-0.2, 0) is 0 Å². The SMILES string of the molecule is NC(=S)c1cccn1-c1ccnc2cc(Br)cnc12. The maximum Gasteiger partial charge on any atom is 0.121 e. The van der Waals surface area contributed by atoms with Crippen molar-refractivity contribution in [3.05, 3.63) is 53.0 Å². The number of rotatable bonds is 2. The molecule has 0 saturated heterocycles. The van der Waals surface area contributed by atoms with Gasteiger partial charge >= 0.3 is 0 Å². The van der Waals surface area contributed by atoms with Crippen molar-refractivity contribution in [1.82, 2.24) is 14.5 Å². The van der Waals surface area contributed by atoms with Crippen molar-refractivity contribution in [3.63, 3.8) is 0 Å². The van der Waals surface area contributed by atoms with Crippen molar-refractivity contribution in [3.8, 4) is 5.69 Å². The fraction of sp³-hybridized carbons (Fsp3) is 0. The minimum atomic E-state index is 0.354. The second-order valence-electron chi connectivity index (χ2n) is 3.98. The highest BCUT2D eigenvalue weighted by molar-refractivity contribution is 9.10. The largest absolute Gasteiger partial charge is 0.388 e. The summed E-state index contributed by atoms with van der Waals surface area (Å²) in [7, 11) is 0. The summed E-state index contributed by atoms with van der Waals surface area (Å²) in [5, 5.41) is 0. The molecule has 0 radical (unpaired) electrons. The molecule has 0 aliphatic carbocycles. The molecule has 0 atom stereocenters. The lowest BCUT2D eigenvalue weighted by Crippen LogP contribution is -2.14. The Bertz CT molecular complexity index is 781. The number of thiocarbonyl (C=S) groups is 1. The highest BCUT2D eigenvalue weighted by Crippen LogP contribution is 2.22. The van der Waals surface area contributed by atoms with Crippen LogP contribution in [0.1, 0.15) is 5.69 Å². The molecule has 3 heterocycles. The molecule has 0 bridgehead atoms. The van der Waals surface area contributed by atoms with E-state index in [-0.39, 0.29) is 0 Å². The van der Waals surface area contributed by atoms with Crippen LogP contribution in [0.25, 0.3) is 16.7 Å². The van der Waals surface area contributed by atoms with E-state index in [1.807, 2.05) is 35.0 Å². The Balaban J connectivity index is 2.31. The van der Waals surface area contributed by atoms with Gasteiger partial charge in [-0.05, 0) is 40.2 Å². The van der Waals surface area contributed by atoms with E-state index in [4.69, 9.17) is 18.0 Å². The average Bonchev–Trinajstić information content (AvgIpc) is 2.86. The summed E-state index contributed by atoms with van der Waals surface area (Å²) >= 11 is 8.45. The van der Waals surface area contributed by atoms with E-state index < -0.39 is 0 Å². The Kier molecular flexibility index (Phi) is 3.04. The Morgan fingerprint density at radius 2 is 2.16 bits per heavy atom. The topological polar surface area (TPSA) is 56.7 Å². The minimum Gasteiger partial charge on any atom is -0.388 e. The first kappa shape index (κ1) is 12.3. The van der Waals surface area contributed by atoms with Gasteiger partial charge in [-0.1, -0.05) is 12.2 Å². The van der Waals surface area contributed by atoms with Crippen LogP contribution in [0.3, 0.4) is 0 Å². The van der Waals surface area contributed by atoms with E-state index in [1.54, 1.807) is 12.4 Å². The van der Waals surface area contributed by atoms with Crippen molar-refractivity contribution in [1.29, 1.82) is 0 Å². The van der Waals surface area contributed by atoms with Gasteiger partial charge in [-0.3, -0.25) is 9.97 Å². The molecule has 0 saturated carbocycles. The third-order valence-corrected chi connectivity index (χ3v) is 3.43. The van der Waals surface area contributed by atoms with Crippen LogP contribution in [0.4, 0.5) is 0 Å². The molecule has 0 spiro atoms. The number of aromatic nitrogens is 3. The van der Waals surface area contributed by atoms with Gasteiger partial charge in [-0.25, -0.2) is 0 Å². The lowest BCUT2D eigenvalue weighted by atomic mass is 10.2. The number of halogens is 1. The molecular weight excluding hydrogens is 324 g/mol. The summed E-state index contributed by atoms with van der Waals surface area (Å²) in [4.78, 5) is 9.09. The average molecular weight is 333 g/mol. The van der Waals surface area contributed by atoms with Gasteiger partial charge in [0.15, 0.2) is 0 Å². The highest BCUT2D eigenvalue weighted by atomic mass is 79.9. The number of nitrogens with zero attached hydrogens (tertiary/aromatic N) is 3. The fourth-order valence-corrected chi connectivity index (χ4v) is 2.46. The predicted octanol–water partition coefficient (Wildman–Crippen LogP) is 2.82. The molecule has 2 N–H and O–H groups in total. The third kappa shape index (κ3) is 2.13. The van der Waals surface area contributed by atoms with Crippen LogP contribution in [-0.4, -0.2) is 19.5 Å². The maximum absolute atomic E-state index is 5.73. The van der Waals surface area contributed by atoms with E-state index in [1.165, 1.54) is 0 Å². The summed E-state index contributed by atoms with van der Waals surface area (Å²) in [6.07, 6.45) is 5.40. The van der Waals surface area contributed by atoms with Crippen molar-refractivity contribution in [2.24, 2.45) is 5.73 Å². The summed E-state index contributed by atoms with van der Waals surface area (Å²) in [5.74, 6) is 0. The number of hydrogen-bond donors (Lipinski definition) is 1. The van der Waals surface area contributed by atoms with Crippen molar-refractivity contribution in [2.75, 3.05) is 0 Å². The van der Waals surface area contributed by atoms with E-state index in [9.17, 15) is 0 Å². The zero-order chi connectivity index (χ0) is 13.4. The zero-order valence-corrected chi connectivity index (χ0v) is 12.1. The number of hydrogen-bond acceptors (Lipinski definition) is 3. The van der Waals surface area contributed by atoms with Crippen LogP contribution in [0.5, 0.6) is 0 Å². The molecular formula is C13H9BrN4S. The van der Waals surface area contributed by atoms with Gasteiger partial charge in [-0.2, -0.15) is 0 Å². The molecule has 0 aliphatic rings. The lowest BCUT2D eigenvalue weighted by Gasteiger charge is -2.10. The van der Waals surface area contributed by atoms with Crippen molar-refractivity contribution >= 4 is 44.2 Å². The Hall–Kier alpha value is -1.79. The molecule has 94 valence electrons. The molecule has 0 unspecified atom stereocenters. The Morgan fingerprint density at radius 1 is 1.32 bits per heavy atom. The molecule has 0 aromatic carbocycles. The van der Waals surface area contributed by atoms with Gasteiger partial charge in [0.1, 0.15) is 10.5 Å². The second kappa shape index (κ2) is 4.71. The highest BCUT2D eigenvalue weighted by Gasteiger charge is 2.10. The lowest BCUT2D eigenvalue weighted by molar-refractivity contribution is 1.06. The van der Waals surface area contributed by atoms with Crippen LogP contribution in [0.15, 0.2) is 47.3 Å². The van der Waals surface area contributed by atoms with Crippen molar-refractivity contribution < 1.29 is 0 Å². The number of pyridine rings is 2. The Morgan fingerprint density at radius 3 is 2.95 bits per heavy atom. The Labute approximate surface area is 123 Å². The first-order chi connectivity index (χ1) is 9.16. The molecule has 3 aromatic rings. The van der Waals surface area contributed by atoms with Crippen LogP contribution in [0.2, 0.25) is 0 Å². The zero-order valence-electron chi connectivity index (χ0n) is 9.75. The predicted molar refractivity (Wildman–Crippen MR) is 82.5 cm³/mol. The molecule has 3 aromatic heterocycles. The first-order valence-electron chi connectivity index (χ1n) is 5.54. The molecule has 19 heavy (non-hydrogen) atoms.